The van der Waals surface area contributed by atoms with E-state index in [1.54, 1.807) is 18.4 Å². The van der Waals surface area contributed by atoms with Crippen molar-refractivity contribution >= 4 is 27.6 Å². The van der Waals surface area contributed by atoms with E-state index in [-0.39, 0.29) is 12.1 Å². The molecule has 0 atom stereocenters. The molecule has 1 aromatic heterocycles. The number of nitrogens with zero attached hydrogens (tertiary/aromatic N) is 2. The highest BCUT2D eigenvalue weighted by Crippen LogP contribution is 2.32. The summed E-state index contributed by atoms with van der Waals surface area (Å²) >= 11 is 1.56. The van der Waals surface area contributed by atoms with E-state index in [2.05, 4.69) is 10.3 Å². The summed E-state index contributed by atoms with van der Waals surface area (Å²) in [5.74, 6) is 0.802. The van der Waals surface area contributed by atoms with Crippen molar-refractivity contribution in [3.63, 3.8) is 0 Å². The summed E-state index contributed by atoms with van der Waals surface area (Å²) in [4.78, 5) is 19.0. The smallest absolute Gasteiger partial charge is 0.317 e. The van der Waals surface area contributed by atoms with Gasteiger partial charge in [-0.05, 0) is 25.0 Å². The van der Waals surface area contributed by atoms with Crippen LogP contribution in [0.5, 0.6) is 10.9 Å². The minimum atomic E-state index is 0.0902. The molecule has 0 radical (unpaired) electrons. The van der Waals surface area contributed by atoms with E-state index >= 15 is 0 Å². The lowest BCUT2D eigenvalue weighted by atomic mass is 9.96. The summed E-state index contributed by atoms with van der Waals surface area (Å²) in [5, 5.41) is 3.90. The van der Waals surface area contributed by atoms with Gasteiger partial charge in [0, 0.05) is 38.0 Å². The fourth-order valence-electron chi connectivity index (χ4n) is 3.90. The van der Waals surface area contributed by atoms with E-state index in [0.29, 0.717) is 11.2 Å². The van der Waals surface area contributed by atoms with Crippen LogP contribution in [0.4, 0.5) is 4.79 Å². The second-order valence-corrected chi connectivity index (χ2v) is 8.40. The van der Waals surface area contributed by atoms with E-state index in [1.165, 1.54) is 19.3 Å². The molecule has 1 N–H and O–H groups in total. The molecule has 0 spiro atoms. The number of hydrogen-bond acceptors (Lipinski definition) is 5. The predicted octanol–water partition coefficient (Wildman–Crippen LogP) is 4.19. The Morgan fingerprint density at radius 3 is 2.70 bits per heavy atom. The van der Waals surface area contributed by atoms with Crippen molar-refractivity contribution < 1.29 is 14.3 Å². The number of likely N-dealkylation sites (tertiary alicyclic amines) is 1. The van der Waals surface area contributed by atoms with E-state index < -0.39 is 0 Å². The largest absolute Gasteiger partial charge is 0.497 e. The van der Waals surface area contributed by atoms with Crippen molar-refractivity contribution in [3.8, 4) is 10.9 Å². The van der Waals surface area contributed by atoms with Gasteiger partial charge in [0.2, 0.25) is 0 Å². The van der Waals surface area contributed by atoms with Crippen LogP contribution in [0.2, 0.25) is 0 Å². The molecule has 7 heteroatoms. The molecular formula is C20H27N3O3S. The van der Waals surface area contributed by atoms with Crippen LogP contribution >= 0.6 is 11.3 Å². The quantitative estimate of drug-likeness (QED) is 0.852. The molecule has 1 aliphatic heterocycles. The number of methoxy groups -OCH3 is 1. The molecule has 2 aliphatic rings. The van der Waals surface area contributed by atoms with Crippen LogP contribution in [0.1, 0.15) is 44.9 Å². The monoisotopic (exact) mass is 389 g/mol. The third-order valence-electron chi connectivity index (χ3n) is 5.50. The van der Waals surface area contributed by atoms with Crippen molar-refractivity contribution in [2.24, 2.45) is 0 Å². The number of piperidine rings is 1. The van der Waals surface area contributed by atoms with Crippen LogP contribution in [0.15, 0.2) is 18.2 Å². The van der Waals surface area contributed by atoms with Gasteiger partial charge >= 0.3 is 6.03 Å². The number of aromatic nitrogens is 1. The summed E-state index contributed by atoms with van der Waals surface area (Å²) < 4.78 is 12.4. The number of hydrogen-bond donors (Lipinski definition) is 1. The molecule has 2 amide bonds. The zero-order valence-corrected chi connectivity index (χ0v) is 16.6. The second kappa shape index (κ2) is 8.33. The Hall–Kier alpha value is -2.02. The Morgan fingerprint density at radius 1 is 1.19 bits per heavy atom. The molecular weight excluding hydrogens is 362 g/mol. The lowest BCUT2D eigenvalue weighted by Gasteiger charge is -2.33. The number of urea groups is 1. The topological polar surface area (TPSA) is 63.7 Å². The maximum Gasteiger partial charge on any atom is 0.317 e. The molecule has 1 aliphatic carbocycles. The van der Waals surface area contributed by atoms with Crippen molar-refractivity contribution in [2.45, 2.75) is 57.1 Å². The fraction of sp³-hybridized carbons (Fsp3) is 0.600. The number of nitrogens with one attached hydrogen (secondary N) is 1. The van der Waals surface area contributed by atoms with Gasteiger partial charge in [-0.25, -0.2) is 9.78 Å². The first-order chi connectivity index (χ1) is 13.2. The van der Waals surface area contributed by atoms with Crippen LogP contribution in [-0.4, -0.2) is 48.3 Å². The van der Waals surface area contributed by atoms with Crippen LogP contribution in [-0.2, 0) is 0 Å². The standard InChI is InChI=1S/C20H27N3O3S/c1-25-16-7-8-18-17(13-16)22-20(27-18)26-15-9-11-23(12-10-15)19(24)21-14-5-3-2-4-6-14/h7-8,13-15H,2-6,9-12H2,1H3,(H,21,24). The minimum Gasteiger partial charge on any atom is -0.497 e. The number of ether oxygens (including phenoxy) is 2. The Balaban J connectivity index is 1.28. The molecule has 1 saturated carbocycles. The third-order valence-corrected chi connectivity index (χ3v) is 6.43. The number of amides is 2. The summed E-state index contributed by atoms with van der Waals surface area (Å²) in [5.41, 5.74) is 0.902. The molecule has 2 fully saturated rings. The Morgan fingerprint density at radius 2 is 1.96 bits per heavy atom. The van der Waals surface area contributed by atoms with E-state index in [0.717, 1.165) is 54.7 Å². The highest BCUT2D eigenvalue weighted by atomic mass is 32.1. The van der Waals surface area contributed by atoms with E-state index in [1.807, 2.05) is 23.1 Å². The molecule has 2 aromatic rings. The summed E-state index contributed by atoms with van der Waals surface area (Å²) in [7, 11) is 1.66. The average molecular weight is 390 g/mol. The number of carbonyl (C=O) groups is 1. The maximum absolute atomic E-state index is 12.5. The molecule has 1 saturated heterocycles. The van der Waals surface area contributed by atoms with Gasteiger partial charge in [0.05, 0.1) is 17.3 Å². The third kappa shape index (κ3) is 4.46. The number of fused-ring (bicyclic) bond motifs is 1. The zero-order valence-electron chi connectivity index (χ0n) is 15.8. The number of thiazole rings is 1. The lowest BCUT2D eigenvalue weighted by molar-refractivity contribution is 0.109. The number of carbonyl (C=O) groups excluding carboxylic acids is 1. The first kappa shape index (κ1) is 18.3. The highest BCUT2D eigenvalue weighted by Gasteiger charge is 2.26. The molecule has 0 unspecified atom stereocenters. The summed E-state index contributed by atoms with van der Waals surface area (Å²) in [6.07, 6.45) is 7.80. The van der Waals surface area contributed by atoms with Gasteiger partial charge in [0.25, 0.3) is 5.19 Å². The van der Waals surface area contributed by atoms with Crippen LogP contribution in [0.3, 0.4) is 0 Å². The summed E-state index contributed by atoms with van der Waals surface area (Å²) in [6, 6.07) is 6.33. The summed E-state index contributed by atoms with van der Waals surface area (Å²) in [6.45, 7) is 1.48. The van der Waals surface area contributed by atoms with Crippen molar-refractivity contribution in [2.75, 3.05) is 20.2 Å². The Bertz CT molecular complexity index is 780. The van der Waals surface area contributed by atoms with Crippen molar-refractivity contribution in [3.05, 3.63) is 18.2 Å². The Kier molecular flexibility index (Phi) is 5.66. The van der Waals surface area contributed by atoms with Gasteiger partial charge in [0.1, 0.15) is 11.9 Å². The SMILES string of the molecule is COc1ccc2sc(OC3CCN(C(=O)NC4CCCCC4)CC3)nc2c1. The maximum atomic E-state index is 12.5. The number of benzene rings is 1. The first-order valence-corrected chi connectivity index (χ1v) is 10.7. The van der Waals surface area contributed by atoms with Crippen LogP contribution in [0.25, 0.3) is 10.2 Å². The van der Waals surface area contributed by atoms with Gasteiger partial charge in [-0.15, -0.1) is 0 Å². The van der Waals surface area contributed by atoms with Crippen LogP contribution in [0, 0.1) is 0 Å². The van der Waals surface area contributed by atoms with Crippen molar-refractivity contribution in [1.29, 1.82) is 0 Å². The van der Waals surface area contributed by atoms with Crippen molar-refractivity contribution in [1.82, 2.24) is 15.2 Å². The molecule has 0 bridgehead atoms. The van der Waals surface area contributed by atoms with E-state index in [9.17, 15) is 4.79 Å². The first-order valence-electron chi connectivity index (χ1n) is 9.88. The average Bonchev–Trinajstić information content (AvgIpc) is 3.10. The van der Waals surface area contributed by atoms with Crippen LogP contribution < -0.4 is 14.8 Å². The molecule has 2 heterocycles. The number of rotatable bonds is 4. The van der Waals surface area contributed by atoms with Gasteiger partial charge in [-0.3, -0.25) is 0 Å². The highest BCUT2D eigenvalue weighted by molar-refractivity contribution is 7.20. The Labute approximate surface area is 163 Å². The van der Waals surface area contributed by atoms with Gasteiger partial charge in [0.15, 0.2) is 0 Å². The van der Waals surface area contributed by atoms with Gasteiger partial charge < -0.3 is 19.7 Å². The van der Waals surface area contributed by atoms with Gasteiger partial charge in [-0.1, -0.05) is 30.6 Å². The molecule has 4 rings (SSSR count). The molecule has 27 heavy (non-hydrogen) atoms. The predicted molar refractivity (Wildman–Crippen MR) is 107 cm³/mol. The van der Waals surface area contributed by atoms with E-state index in [4.69, 9.17) is 9.47 Å². The zero-order chi connectivity index (χ0) is 18.6. The minimum absolute atomic E-state index is 0.0902. The normalized spacial score (nSPS) is 19.2. The second-order valence-electron chi connectivity index (χ2n) is 7.40. The fourth-order valence-corrected chi connectivity index (χ4v) is 4.76. The molecule has 146 valence electrons. The lowest BCUT2D eigenvalue weighted by Crippen LogP contribution is -2.49. The van der Waals surface area contributed by atoms with Gasteiger partial charge in [-0.2, -0.15) is 0 Å². The molecule has 1 aromatic carbocycles. The molecule has 6 nitrogen and oxygen atoms in total.